The number of terminal acetylenes is 1. The third-order valence-corrected chi connectivity index (χ3v) is 1.90. The molecule has 0 N–H and O–H groups in total. The Morgan fingerprint density at radius 2 is 2.07 bits per heavy atom. The van der Waals surface area contributed by atoms with Crippen molar-refractivity contribution < 1.29 is 17.9 Å². The summed E-state index contributed by atoms with van der Waals surface area (Å²) >= 11 is 5.70. The first kappa shape index (κ1) is 11.7. The number of halogens is 4. The minimum Gasteiger partial charge on any atom is -0.483 e. The maximum Gasteiger partial charge on any atom is 0.422 e. The molecule has 0 spiro atoms. The first-order valence-corrected chi connectivity index (χ1v) is 4.26. The Morgan fingerprint density at radius 1 is 1.40 bits per heavy atom. The molecule has 0 aromatic heterocycles. The summed E-state index contributed by atoms with van der Waals surface area (Å²) < 4.78 is 40.0. The summed E-state index contributed by atoms with van der Waals surface area (Å²) in [7, 11) is 0. The van der Waals surface area contributed by atoms with Gasteiger partial charge in [0.1, 0.15) is 5.75 Å². The van der Waals surface area contributed by atoms with E-state index in [4.69, 9.17) is 18.0 Å². The van der Waals surface area contributed by atoms with E-state index < -0.39 is 12.8 Å². The maximum absolute atomic E-state index is 11.8. The van der Waals surface area contributed by atoms with Gasteiger partial charge in [0, 0.05) is 5.56 Å². The van der Waals surface area contributed by atoms with Gasteiger partial charge in [-0.2, -0.15) is 13.2 Å². The summed E-state index contributed by atoms with van der Waals surface area (Å²) in [4.78, 5) is 0. The van der Waals surface area contributed by atoms with Crippen molar-refractivity contribution in [2.24, 2.45) is 0 Å². The Balaban J connectivity index is 2.83. The second kappa shape index (κ2) is 4.45. The molecule has 80 valence electrons. The van der Waals surface area contributed by atoms with Crippen LogP contribution in [-0.2, 0) is 0 Å². The van der Waals surface area contributed by atoms with E-state index in [1.807, 2.05) is 0 Å². The van der Waals surface area contributed by atoms with Crippen LogP contribution >= 0.6 is 11.6 Å². The molecule has 0 bridgehead atoms. The monoisotopic (exact) mass is 234 g/mol. The molecule has 0 aliphatic rings. The predicted octanol–water partition coefficient (Wildman–Crippen LogP) is 3.26. The Kier molecular flexibility index (Phi) is 3.48. The van der Waals surface area contributed by atoms with E-state index in [1.54, 1.807) is 0 Å². The second-order valence-electron chi connectivity index (χ2n) is 2.67. The van der Waals surface area contributed by atoms with E-state index in [9.17, 15) is 13.2 Å². The maximum atomic E-state index is 11.8. The molecule has 1 aromatic rings. The Morgan fingerprint density at radius 3 is 2.60 bits per heavy atom. The molecule has 5 heteroatoms. The lowest BCUT2D eigenvalue weighted by molar-refractivity contribution is -0.153. The normalized spacial score (nSPS) is 10.9. The summed E-state index contributed by atoms with van der Waals surface area (Å²) in [6.45, 7) is -1.39. The van der Waals surface area contributed by atoms with Crippen LogP contribution in [0.1, 0.15) is 5.56 Å². The number of alkyl halides is 3. The molecular weight excluding hydrogens is 229 g/mol. The van der Waals surface area contributed by atoms with Crippen LogP contribution in [-0.4, -0.2) is 12.8 Å². The third kappa shape index (κ3) is 3.37. The third-order valence-electron chi connectivity index (χ3n) is 1.51. The van der Waals surface area contributed by atoms with Crippen molar-refractivity contribution in [3.05, 3.63) is 28.8 Å². The number of hydrogen-bond donors (Lipinski definition) is 0. The van der Waals surface area contributed by atoms with Crippen molar-refractivity contribution in [3.63, 3.8) is 0 Å². The Hall–Kier alpha value is -1.34. The molecule has 0 saturated heterocycles. The fourth-order valence-electron chi connectivity index (χ4n) is 0.893. The molecule has 1 rings (SSSR count). The van der Waals surface area contributed by atoms with Crippen molar-refractivity contribution in [2.45, 2.75) is 6.18 Å². The van der Waals surface area contributed by atoms with Gasteiger partial charge in [0.15, 0.2) is 6.61 Å². The van der Waals surface area contributed by atoms with Gasteiger partial charge in [0.05, 0.1) is 5.02 Å². The highest BCUT2D eigenvalue weighted by Crippen LogP contribution is 2.29. The minimum atomic E-state index is -4.39. The first-order valence-electron chi connectivity index (χ1n) is 3.88. The highest BCUT2D eigenvalue weighted by Gasteiger charge is 2.28. The Labute approximate surface area is 89.8 Å². The lowest BCUT2D eigenvalue weighted by atomic mass is 10.2. The molecule has 1 aromatic carbocycles. The van der Waals surface area contributed by atoms with Gasteiger partial charge in [-0.25, -0.2) is 0 Å². The SMILES string of the molecule is C#Cc1cccc(OCC(F)(F)F)c1Cl. The fourth-order valence-corrected chi connectivity index (χ4v) is 1.13. The van der Waals surface area contributed by atoms with Gasteiger partial charge in [0.25, 0.3) is 0 Å². The summed E-state index contributed by atoms with van der Waals surface area (Å²) in [6.07, 6.45) is 0.696. The van der Waals surface area contributed by atoms with Crippen LogP contribution in [0.3, 0.4) is 0 Å². The van der Waals surface area contributed by atoms with Gasteiger partial charge in [0.2, 0.25) is 0 Å². The lowest BCUT2D eigenvalue weighted by Crippen LogP contribution is -2.19. The molecule has 0 heterocycles. The summed E-state index contributed by atoms with van der Waals surface area (Å²) in [5.41, 5.74) is 0.302. The van der Waals surface area contributed by atoms with Crippen LogP contribution in [0, 0.1) is 12.3 Å². The van der Waals surface area contributed by atoms with Crippen LogP contribution < -0.4 is 4.74 Å². The highest BCUT2D eigenvalue weighted by atomic mass is 35.5. The number of benzene rings is 1. The van der Waals surface area contributed by atoms with E-state index in [0.717, 1.165) is 0 Å². The van der Waals surface area contributed by atoms with Gasteiger partial charge >= 0.3 is 6.18 Å². The van der Waals surface area contributed by atoms with E-state index >= 15 is 0 Å². The average Bonchev–Trinajstić information content (AvgIpc) is 2.15. The van der Waals surface area contributed by atoms with Crippen molar-refractivity contribution in [1.82, 2.24) is 0 Å². The number of hydrogen-bond acceptors (Lipinski definition) is 1. The van der Waals surface area contributed by atoms with Crippen molar-refractivity contribution in [2.75, 3.05) is 6.61 Å². The molecule has 0 fully saturated rings. The zero-order chi connectivity index (χ0) is 11.5. The molecule has 0 unspecified atom stereocenters. The molecule has 0 atom stereocenters. The molecule has 0 saturated carbocycles. The zero-order valence-corrected chi connectivity index (χ0v) is 8.19. The van der Waals surface area contributed by atoms with Crippen molar-refractivity contribution >= 4 is 11.6 Å². The van der Waals surface area contributed by atoms with Gasteiger partial charge in [-0.1, -0.05) is 23.6 Å². The summed E-state index contributed by atoms with van der Waals surface area (Å²) in [5, 5.41) is 0.0178. The number of ether oxygens (including phenoxy) is 1. The Bertz CT molecular complexity index is 393. The average molecular weight is 235 g/mol. The first-order chi connectivity index (χ1) is 6.94. The molecule has 15 heavy (non-hydrogen) atoms. The smallest absolute Gasteiger partial charge is 0.422 e. The highest BCUT2D eigenvalue weighted by molar-refractivity contribution is 6.33. The van der Waals surface area contributed by atoms with Gasteiger partial charge in [-0.05, 0) is 12.1 Å². The molecule has 0 amide bonds. The molecule has 0 aliphatic heterocycles. The van der Waals surface area contributed by atoms with Crippen LogP contribution in [0.2, 0.25) is 5.02 Å². The zero-order valence-electron chi connectivity index (χ0n) is 7.44. The van der Waals surface area contributed by atoms with Crippen LogP contribution in [0.5, 0.6) is 5.75 Å². The van der Waals surface area contributed by atoms with E-state index in [0.29, 0.717) is 5.56 Å². The standard InChI is InChI=1S/C10H6ClF3O/c1-2-7-4-3-5-8(9(7)11)15-6-10(12,13)14/h1,3-5H,6H2. The minimum absolute atomic E-state index is 0.0178. The number of rotatable bonds is 2. The van der Waals surface area contributed by atoms with Crippen molar-refractivity contribution in [3.8, 4) is 18.1 Å². The fraction of sp³-hybridized carbons (Fsp3) is 0.200. The van der Waals surface area contributed by atoms with E-state index in [-0.39, 0.29) is 10.8 Å². The molecule has 0 radical (unpaired) electrons. The van der Waals surface area contributed by atoms with Gasteiger partial charge in [-0.15, -0.1) is 6.42 Å². The van der Waals surface area contributed by atoms with Gasteiger partial charge < -0.3 is 4.74 Å². The largest absolute Gasteiger partial charge is 0.483 e. The van der Waals surface area contributed by atoms with Crippen LogP contribution in [0.25, 0.3) is 0 Å². The molecule has 0 aliphatic carbocycles. The van der Waals surface area contributed by atoms with Crippen LogP contribution in [0.4, 0.5) is 13.2 Å². The van der Waals surface area contributed by atoms with Gasteiger partial charge in [-0.3, -0.25) is 0 Å². The molecule has 1 nitrogen and oxygen atoms in total. The lowest BCUT2D eigenvalue weighted by Gasteiger charge is -2.10. The van der Waals surface area contributed by atoms with E-state index in [2.05, 4.69) is 10.7 Å². The van der Waals surface area contributed by atoms with Crippen molar-refractivity contribution in [1.29, 1.82) is 0 Å². The van der Waals surface area contributed by atoms with Crippen LogP contribution in [0.15, 0.2) is 18.2 Å². The predicted molar refractivity (Wildman–Crippen MR) is 50.9 cm³/mol. The topological polar surface area (TPSA) is 9.23 Å². The molecular formula is C10H6ClF3O. The quantitative estimate of drug-likeness (QED) is 0.714. The summed E-state index contributed by atoms with van der Waals surface area (Å²) in [6, 6.07) is 4.32. The second-order valence-corrected chi connectivity index (χ2v) is 3.04. The summed E-state index contributed by atoms with van der Waals surface area (Å²) in [5.74, 6) is 2.17. The van der Waals surface area contributed by atoms with E-state index in [1.165, 1.54) is 18.2 Å².